The topological polar surface area (TPSA) is 89.5 Å². The lowest BCUT2D eigenvalue weighted by molar-refractivity contribution is 0.381. The molecule has 1 aliphatic carbocycles. The largest absolute Gasteiger partial charge is 0.359 e. The third-order valence-electron chi connectivity index (χ3n) is 3.73. The molecule has 0 unspecified atom stereocenters. The third kappa shape index (κ3) is 2.07. The Labute approximate surface area is 127 Å². The predicted molar refractivity (Wildman–Crippen MR) is 79.2 cm³/mol. The van der Waals surface area contributed by atoms with Gasteiger partial charge in [-0.05, 0) is 31.9 Å². The van der Waals surface area contributed by atoms with Gasteiger partial charge in [0.2, 0.25) is 0 Å². The van der Waals surface area contributed by atoms with E-state index in [4.69, 9.17) is 4.52 Å². The van der Waals surface area contributed by atoms with E-state index < -0.39 is 10.0 Å². The average Bonchev–Trinajstić information content (AvgIpc) is 3.13. The van der Waals surface area contributed by atoms with Crippen molar-refractivity contribution < 1.29 is 12.9 Å². The Bertz CT molecular complexity index is 954. The molecule has 0 amide bonds. The van der Waals surface area contributed by atoms with E-state index in [1.807, 2.05) is 6.07 Å². The molecule has 0 spiro atoms. The van der Waals surface area contributed by atoms with Gasteiger partial charge in [-0.25, -0.2) is 4.98 Å². The third-order valence-corrected chi connectivity index (χ3v) is 5.06. The number of sulfonamides is 1. The molecule has 0 radical (unpaired) electrons. The number of hydrogen-bond acceptors (Lipinski definition) is 5. The molecule has 22 heavy (non-hydrogen) atoms. The molecule has 0 aromatic carbocycles. The molecule has 7 nitrogen and oxygen atoms in total. The van der Waals surface area contributed by atoms with Crippen LogP contribution in [-0.2, 0) is 10.0 Å². The lowest BCUT2D eigenvalue weighted by atomic mass is 10.2. The first-order valence-corrected chi connectivity index (χ1v) is 8.45. The second-order valence-corrected chi connectivity index (χ2v) is 7.04. The molecule has 3 aromatic rings. The summed E-state index contributed by atoms with van der Waals surface area (Å²) in [5.74, 6) is 0.885. The summed E-state index contributed by atoms with van der Waals surface area (Å²) < 4.78 is 34.8. The number of pyridine rings is 1. The zero-order chi connectivity index (χ0) is 15.3. The second-order valence-electron chi connectivity index (χ2n) is 5.41. The monoisotopic (exact) mass is 318 g/mol. The normalized spacial score (nSPS) is 15.3. The maximum atomic E-state index is 12.7. The van der Waals surface area contributed by atoms with Crippen molar-refractivity contribution in [2.75, 3.05) is 4.72 Å². The van der Waals surface area contributed by atoms with E-state index in [2.05, 4.69) is 14.9 Å². The number of anilines is 1. The van der Waals surface area contributed by atoms with Crippen LogP contribution in [0.4, 0.5) is 5.69 Å². The molecule has 4 rings (SSSR count). The van der Waals surface area contributed by atoms with Crippen LogP contribution in [0.5, 0.6) is 0 Å². The Morgan fingerprint density at radius 1 is 1.36 bits per heavy atom. The Balaban J connectivity index is 1.77. The van der Waals surface area contributed by atoms with Crippen LogP contribution in [0.15, 0.2) is 40.1 Å². The minimum atomic E-state index is -3.77. The molecule has 3 aromatic heterocycles. The van der Waals surface area contributed by atoms with E-state index in [0.717, 1.165) is 12.8 Å². The van der Waals surface area contributed by atoms with Crippen molar-refractivity contribution in [2.45, 2.75) is 30.7 Å². The zero-order valence-corrected chi connectivity index (χ0v) is 12.7. The number of fused-ring (bicyclic) bond motifs is 1. The van der Waals surface area contributed by atoms with E-state index >= 15 is 0 Å². The van der Waals surface area contributed by atoms with Crippen LogP contribution >= 0.6 is 0 Å². The standard InChI is InChI=1S/C14H14N4O3S/c1-9-13(14(21-16-9)10-5-6-10)17-22(19,20)12-8-15-11-4-2-3-7-18(11)12/h2-4,7-8,10,17H,5-6H2,1H3. The van der Waals surface area contributed by atoms with Gasteiger partial charge in [0.05, 0.1) is 6.20 Å². The van der Waals surface area contributed by atoms with Crippen molar-refractivity contribution in [3.8, 4) is 0 Å². The average molecular weight is 318 g/mol. The summed E-state index contributed by atoms with van der Waals surface area (Å²) in [7, 11) is -3.77. The first-order chi connectivity index (χ1) is 10.6. The van der Waals surface area contributed by atoms with Crippen LogP contribution in [-0.4, -0.2) is 23.0 Å². The van der Waals surface area contributed by atoms with Gasteiger partial charge in [-0.3, -0.25) is 9.12 Å². The number of aryl methyl sites for hydroxylation is 1. The van der Waals surface area contributed by atoms with Crippen molar-refractivity contribution in [2.24, 2.45) is 0 Å². The zero-order valence-electron chi connectivity index (χ0n) is 11.9. The molecule has 114 valence electrons. The number of rotatable bonds is 4. The summed E-state index contributed by atoms with van der Waals surface area (Å²) in [5.41, 5.74) is 1.57. The van der Waals surface area contributed by atoms with E-state index in [1.54, 1.807) is 25.3 Å². The molecule has 0 aliphatic heterocycles. The molecule has 0 saturated heterocycles. The molecule has 1 fully saturated rings. The fourth-order valence-corrected chi connectivity index (χ4v) is 3.66. The first-order valence-electron chi connectivity index (χ1n) is 6.97. The van der Waals surface area contributed by atoms with Crippen LogP contribution in [0.3, 0.4) is 0 Å². The molecule has 1 N–H and O–H groups in total. The van der Waals surface area contributed by atoms with Crippen molar-refractivity contribution in [3.63, 3.8) is 0 Å². The smallest absolute Gasteiger partial charge is 0.279 e. The Morgan fingerprint density at radius 3 is 2.95 bits per heavy atom. The van der Waals surface area contributed by atoms with Crippen molar-refractivity contribution in [1.29, 1.82) is 0 Å². The van der Waals surface area contributed by atoms with Crippen LogP contribution in [0.1, 0.15) is 30.2 Å². The molecule has 8 heteroatoms. The predicted octanol–water partition coefficient (Wildman–Crippen LogP) is 2.31. The van der Waals surface area contributed by atoms with Gasteiger partial charge in [-0.1, -0.05) is 11.2 Å². The number of imidazole rings is 1. The summed E-state index contributed by atoms with van der Waals surface area (Å²) in [6.07, 6.45) is 5.01. The number of nitrogens with zero attached hydrogens (tertiary/aromatic N) is 3. The van der Waals surface area contributed by atoms with E-state index in [9.17, 15) is 8.42 Å². The van der Waals surface area contributed by atoms with Crippen LogP contribution < -0.4 is 4.72 Å². The van der Waals surface area contributed by atoms with E-state index in [-0.39, 0.29) is 10.9 Å². The highest BCUT2D eigenvalue weighted by molar-refractivity contribution is 7.92. The van der Waals surface area contributed by atoms with Gasteiger partial charge in [-0.15, -0.1) is 0 Å². The summed E-state index contributed by atoms with van der Waals surface area (Å²) in [6.45, 7) is 1.72. The van der Waals surface area contributed by atoms with Gasteiger partial charge in [-0.2, -0.15) is 8.42 Å². The molecule has 1 aliphatic rings. The summed E-state index contributed by atoms with van der Waals surface area (Å²) in [4.78, 5) is 4.11. The summed E-state index contributed by atoms with van der Waals surface area (Å²) >= 11 is 0. The number of hydrogen-bond donors (Lipinski definition) is 1. The maximum Gasteiger partial charge on any atom is 0.279 e. The molecule has 0 atom stereocenters. The SMILES string of the molecule is Cc1noc(C2CC2)c1NS(=O)(=O)c1cnc2ccccn12. The second kappa shape index (κ2) is 4.57. The highest BCUT2D eigenvalue weighted by Gasteiger charge is 2.33. The van der Waals surface area contributed by atoms with Gasteiger partial charge >= 0.3 is 0 Å². The van der Waals surface area contributed by atoms with Gasteiger partial charge in [0.1, 0.15) is 17.0 Å². The van der Waals surface area contributed by atoms with E-state index in [1.165, 1.54) is 10.6 Å². The molecular formula is C14H14N4O3S. The van der Waals surface area contributed by atoms with Gasteiger partial charge < -0.3 is 4.52 Å². The van der Waals surface area contributed by atoms with Crippen LogP contribution in [0, 0.1) is 6.92 Å². The summed E-state index contributed by atoms with van der Waals surface area (Å²) in [5, 5.41) is 3.97. The quantitative estimate of drug-likeness (QED) is 0.797. The highest BCUT2D eigenvalue weighted by Crippen LogP contribution is 2.44. The van der Waals surface area contributed by atoms with E-state index in [0.29, 0.717) is 22.8 Å². The first kappa shape index (κ1) is 13.3. The molecular weight excluding hydrogens is 304 g/mol. The fraction of sp³-hybridized carbons (Fsp3) is 0.286. The maximum absolute atomic E-state index is 12.7. The van der Waals surface area contributed by atoms with Crippen molar-refractivity contribution in [3.05, 3.63) is 42.0 Å². The minimum absolute atomic E-state index is 0.0884. The summed E-state index contributed by atoms with van der Waals surface area (Å²) in [6, 6.07) is 5.31. The van der Waals surface area contributed by atoms with Gasteiger partial charge in [0, 0.05) is 12.1 Å². The number of nitrogens with one attached hydrogen (secondary N) is 1. The van der Waals surface area contributed by atoms with Gasteiger partial charge in [0.25, 0.3) is 10.0 Å². The minimum Gasteiger partial charge on any atom is -0.359 e. The Hall–Kier alpha value is -2.35. The molecule has 1 saturated carbocycles. The fourth-order valence-electron chi connectivity index (χ4n) is 2.43. The van der Waals surface area contributed by atoms with Gasteiger partial charge in [0.15, 0.2) is 10.8 Å². The highest BCUT2D eigenvalue weighted by atomic mass is 32.2. The number of aromatic nitrogens is 3. The van der Waals surface area contributed by atoms with Crippen molar-refractivity contribution >= 4 is 21.4 Å². The molecule has 0 bridgehead atoms. The van der Waals surface area contributed by atoms with Crippen molar-refractivity contribution in [1.82, 2.24) is 14.5 Å². The van der Waals surface area contributed by atoms with Crippen LogP contribution in [0.25, 0.3) is 5.65 Å². The Kier molecular flexibility index (Phi) is 2.77. The van der Waals surface area contributed by atoms with Crippen LogP contribution in [0.2, 0.25) is 0 Å². The lowest BCUT2D eigenvalue weighted by Gasteiger charge is -2.07. The lowest BCUT2D eigenvalue weighted by Crippen LogP contribution is -2.16. The Morgan fingerprint density at radius 2 is 2.18 bits per heavy atom. The molecule has 3 heterocycles.